The van der Waals surface area contributed by atoms with E-state index in [0.29, 0.717) is 28.8 Å². The number of pyridine rings is 1. The minimum atomic E-state index is -0.752. The molecule has 0 aliphatic carbocycles. The van der Waals surface area contributed by atoms with Gasteiger partial charge in [-0.3, -0.25) is 9.20 Å². The quantitative estimate of drug-likeness (QED) is 0.517. The van der Waals surface area contributed by atoms with Crippen LogP contribution < -0.4 is 15.6 Å². The lowest BCUT2D eigenvalue weighted by Gasteiger charge is -2.16. The summed E-state index contributed by atoms with van der Waals surface area (Å²) in [6.45, 7) is 2.28. The second-order valence-corrected chi connectivity index (χ2v) is 7.18. The van der Waals surface area contributed by atoms with Crippen LogP contribution in [0.25, 0.3) is 16.7 Å². The maximum absolute atomic E-state index is 12.7. The zero-order valence-corrected chi connectivity index (χ0v) is 16.8. The van der Waals surface area contributed by atoms with Gasteiger partial charge in [-0.1, -0.05) is 18.2 Å². The minimum absolute atomic E-state index is 0.194. The van der Waals surface area contributed by atoms with Crippen molar-refractivity contribution in [3.05, 3.63) is 76.1 Å². The van der Waals surface area contributed by atoms with Crippen molar-refractivity contribution in [2.24, 2.45) is 0 Å². The molecule has 2 heterocycles. The molecule has 1 atom stereocenters. The molecule has 0 aliphatic heterocycles. The lowest BCUT2D eigenvalue weighted by Crippen LogP contribution is -2.25. The van der Waals surface area contributed by atoms with E-state index >= 15 is 0 Å². The number of rotatable bonds is 6. The highest BCUT2D eigenvalue weighted by Crippen LogP contribution is 2.24. The molecule has 0 saturated carbocycles. The number of methoxy groups -OCH3 is 1. The molecule has 30 heavy (non-hydrogen) atoms. The van der Waals surface area contributed by atoms with Gasteiger partial charge in [-0.15, -0.1) is 0 Å². The number of nitrogens with one attached hydrogen (secondary N) is 1. The molecular formula is C23H22N4O3. The maximum Gasteiger partial charge on any atom is 0.257 e. The van der Waals surface area contributed by atoms with E-state index in [9.17, 15) is 15.2 Å². The van der Waals surface area contributed by atoms with Crippen molar-refractivity contribution in [2.75, 3.05) is 19.0 Å². The molecule has 0 radical (unpaired) electrons. The molecule has 1 unspecified atom stereocenters. The van der Waals surface area contributed by atoms with E-state index < -0.39 is 6.10 Å². The first-order valence-corrected chi connectivity index (χ1v) is 9.63. The molecule has 0 fully saturated rings. The fourth-order valence-electron chi connectivity index (χ4n) is 3.77. The number of aliphatic hydroxyl groups is 1. The van der Waals surface area contributed by atoms with Gasteiger partial charge in [0.1, 0.15) is 17.5 Å². The van der Waals surface area contributed by atoms with E-state index in [4.69, 9.17) is 4.74 Å². The molecule has 0 aliphatic rings. The predicted octanol–water partition coefficient (Wildman–Crippen LogP) is 2.92. The number of aliphatic hydroxyl groups excluding tert-OH is 1. The smallest absolute Gasteiger partial charge is 0.257 e. The van der Waals surface area contributed by atoms with Crippen LogP contribution in [0.2, 0.25) is 0 Å². The summed E-state index contributed by atoms with van der Waals surface area (Å²) in [5.74, 6) is 0.727. The number of aryl methyl sites for hydroxylation is 1. The van der Waals surface area contributed by atoms with E-state index in [1.54, 1.807) is 18.4 Å². The average Bonchev–Trinajstić information content (AvgIpc) is 3.07. The van der Waals surface area contributed by atoms with Crippen LogP contribution >= 0.6 is 0 Å². The number of benzene rings is 2. The maximum atomic E-state index is 12.7. The number of fused-ring (bicyclic) bond motifs is 3. The van der Waals surface area contributed by atoms with Gasteiger partial charge in [-0.2, -0.15) is 5.26 Å². The molecular weight excluding hydrogens is 380 g/mol. The van der Waals surface area contributed by atoms with Crippen molar-refractivity contribution in [3.63, 3.8) is 0 Å². The Morgan fingerprint density at radius 1 is 1.17 bits per heavy atom. The van der Waals surface area contributed by atoms with Crippen molar-refractivity contribution in [2.45, 2.75) is 19.6 Å². The zero-order chi connectivity index (χ0) is 21.3. The van der Waals surface area contributed by atoms with E-state index in [1.807, 2.05) is 53.1 Å². The van der Waals surface area contributed by atoms with Crippen LogP contribution in [0, 0.1) is 18.3 Å². The van der Waals surface area contributed by atoms with Gasteiger partial charge in [0.15, 0.2) is 0 Å². The third-order valence-electron chi connectivity index (χ3n) is 5.18. The van der Waals surface area contributed by atoms with Gasteiger partial charge in [0, 0.05) is 24.4 Å². The van der Waals surface area contributed by atoms with Crippen molar-refractivity contribution in [3.8, 4) is 11.8 Å². The van der Waals surface area contributed by atoms with Gasteiger partial charge in [0.25, 0.3) is 5.56 Å². The summed E-state index contributed by atoms with van der Waals surface area (Å²) in [6.07, 6.45) is -0.752. The fourth-order valence-corrected chi connectivity index (χ4v) is 3.77. The van der Waals surface area contributed by atoms with Crippen LogP contribution in [0.1, 0.15) is 11.1 Å². The average molecular weight is 402 g/mol. The minimum Gasteiger partial charge on any atom is -0.497 e. The summed E-state index contributed by atoms with van der Waals surface area (Å²) in [6, 6.07) is 18.6. The fraction of sp³-hybridized carbons (Fsp3) is 0.217. The Morgan fingerprint density at radius 2 is 1.93 bits per heavy atom. The van der Waals surface area contributed by atoms with Crippen LogP contribution in [-0.2, 0) is 6.54 Å². The highest BCUT2D eigenvalue weighted by Gasteiger charge is 2.19. The zero-order valence-electron chi connectivity index (χ0n) is 16.8. The molecule has 2 aromatic heterocycles. The SMILES string of the molecule is COc1cccc(NCC(O)Cn2c3ccccc3n3c(=O)cc(C)c(C#N)c23)c1. The molecule has 7 heteroatoms. The molecule has 0 saturated heterocycles. The number of nitriles is 1. The number of imidazole rings is 1. The number of hydrogen-bond acceptors (Lipinski definition) is 5. The van der Waals surface area contributed by atoms with Gasteiger partial charge in [-0.25, -0.2) is 0 Å². The van der Waals surface area contributed by atoms with Crippen molar-refractivity contribution in [1.82, 2.24) is 8.97 Å². The summed E-state index contributed by atoms with van der Waals surface area (Å²) >= 11 is 0. The molecule has 4 aromatic rings. The molecule has 0 spiro atoms. The lowest BCUT2D eigenvalue weighted by atomic mass is 10.1. The molecule has 4 rings (SSSR count). The van der Waals surface area contributed by atoms with Crippen LogP contribution in [0.3, 0.4) is 0 Å². The topological polar surface area (TPSA) is 91.7 Å². The largest absolute Gasteiger partial charge is 0.497 e. The van der Waals surface area contributed by atoms with Crippen LogP contribution in [0.5, 0.6) is 5.75 Å². The highest BCUT2D eigenvalue weighted by molar-refractivity contribution is 5.84. The summed E-state index contributed by atoms with van der Waals surface area (Å²) in [7, 11) is 1.60. The third-order valence-corrected chi connectivity index (χ3v) is 5.18. The van der Waals surface area contributed by atoms with Crippen molar-refractivity contribution >= 4 is 22.4 Å². The molecule has 152 valence electrons. The Balaban J connectivity index is 1.72. The second kappa shape index (κ2) is 7.93. The first-order valence-electron chi connectivity index (χ1n) is 9.63. The summed E-state index contributed by atoms with van der Waals surface area (Å²) in [4.78, 5) is 12.7. The van der Waals surface area contributed by atoms with Gasteiger partial charge in [0.05, 0.1) is 36.4 Å². The van der Waals surface area contributed by atoms with Crippen molar-refractivity contribution in [1.29, 1.82) is 5.26 Å². The number of para-hydroxylation sites is 2. The first-order chi connectivity index (χ1) is 14.5. The molecule has 0 bridgehead atoms. The van der Waals surface area contributed by atoms with Crippen molar-refractivity contribution < 1.29 is 9.84 Å². The van der Waals surface area contributed by atoms with Crippen LogP contribution in [-0.4, -0.2) is 33.8 Å². The third kappa shape index (κ3) is 3.38. The lowest BCUT2D eigenvalue weighted by molar-refractivity contribution is 0.169. The summed E-state index contributed by atoms with van der Waals surface area (Å²) < 4.78 is 8.61. The Kier molecular flexibility index (Phi) is 5.17. The highest BCUT2D eigenvalue weighted by atomic mass is 16.5. The van der Waals surface area contributed by atoms with Gasteiger partial charge in [0.2, 0.25) is 0 Å². The number of aromatic nitrogens is 2. The Labute approximate surface area is 173 Å². The summed E-state index contributed by atoms with van der Waals surface area (Å²) in [5.41, 5.74) is 3.69. The standard InChI is InChI=1S/C23H22N4O3/c1-15-10-22(29)27-21-9-4-3-8-20(21)26(23(27)19(15)12-24)14-17(28)13-25-16-6-5-7-18(11-16)30-2/h3-11,17,25,28H,13-14H2,1-2H3. The number of nitrogens with zero attached hydrogens (tertiary/aromatic N) is 3. The number of ether oxygens (including phenoxy) is 1. The predicted molar refractivity (Wildman–Crippen MR) is 116 cm³/mol. The van der Waals surface area contributed by atoms with E-state index in [0.717, 1.165) is 17.0 Å². The van der Waals surface area contributed by atoms with E-state index in [2.05, 4.69) is 11.4 Å². The van der Waals surface area contributed by atoms with Gasteiger partial charge >= 0.3 is 0 Å². The van der Waals surface area contributed by atoms with Gasteiger partial charge < -0.3 is 19.7 Å². The Hall–Kier alpha value is -3.76. The van der Waals surface area contributed by atoms with Crippen LogP contribution in [0.15, 0.2) is 59.4 Å². The summed E-state index contributed by atoms with van der Waals surface area (Å²) in [5, 5.41) is 23.7. The number of anilines is 1. The first kappa shape index (κ1) is 19.6. The van der Waals surface area contributed by atoms with E-state index in [-0.39, 0.29) is 12.1 Å². The molecule has 0 amide bonds. The normalized spacial score (nSPS) is 12.1. The van der Waals surface area contributed by atoms with Crippen LogP contribution in [0.4, 0.5) is 5.69 Å². The van der Waals surface area contributed by atoms with E-state index in [1.165, 1.54) is 6.07 Å². The monoisotopic (exact) mass is 402 g/mol. The molecule has 2 N–H and O–H groups in total. The Morgan fingerprint density at radius 3 is 2.67 bits per heavy atom. The Bertz CT molecular complexity index is 1330. The van der Waals surface area contributed by atoms with Gasteiger partial charge in [-0.05, 0) is 36.8 Å². The number of hydrogen-bond donors (Lipinski definition) is 2. The molecule has 2 aromatic carbocycles. The second-order valence-electron chi connectivity index (χ2n) is 7.18. The molecule has 7 nitrogen and oxygen atoms in total.